The maximum atomic E-state index is 15.1. The van der Waals surface area contributed by atoms with Gasteiger partial charge >= 0.3 is 11.8 Å². The third-order valence-corrected chi connectivity index (χ3v) is 6.61. The number of hydrogen-bond acceptors (Lipinski definition) is 5. The van der Waals surface area contributed by atoms with Crippen molar-refractivity contribution in [1.29, 1.82) is 0 Å². The maximum Gasteiger partial charge on any atom is 0.408 e. The first kappa shape index (κ1) is 29.3. The summed E-state index contributed by atoms with van der Waals surface area (Å²) in [6.45, 7) is 6.71. The molecule has 0 aliphatic heterocycles. The van der Waals surface area contributed by atoms with Gasteiger partial charge in [0.05, 0.1) is 31.8 Å². The minimum atomic E-state index is -0.799. The van der Waals surface area contributed by atoms with E-state index < -0.39 is 34.8 Å². The molecular formula is C32H34FN3O5. The van der Waals surface area contributed by atoms with Crippen LogP contribution in [0.5, 0.6) is 5.75 Å². The van der Waals surface area contributed by atoms with Crippen molar-refractivity contribution in [2.24, 2.45) is 0 Å². The number of halogens is 1. The van der Waals surface area contributed by atoms with Gasteiger partial charge in [0.2, 0.25) is 0 Å². The van der Waals surface area contributed by atoms with Crippen LogP contribution in [-0.4, -0.2) is 27.9 Å². The van der Waals surface area contributed by atoms with Gasteiger partial charge in [-0.25, -0.2) is 14.0 Å². The van der Waals surface area contributed by atoms with Gasteiger partial charge in [0, 0.05) is 16.8 Å². The van der Waals surface area contributed by atoms with Crippen molar-refractivity contribution < 1.29 is 18.7 Å². The van der Waals surface area contributed by atoms with Crippen LogP contribution in [0.2, 0.25) is 0 Å². The Morgan fingerprint density at radius 2 is 1.56 bits per heavy atom. The first-order chi connectivity index (χ1) is 19.5. The number of benzene rings is 3. The molecule has 1 atom stereocenters. The highest BCUT2D eigenvalue weighted by molar-refractivity contribution is 5.68. The number of nitrogens with zero attached hydrogens (tertiary/aromatic N) is 2. The molecule has 1 heterocycles. The van der Waals surface area contributed by atoms with E-state index in [9.17, 15) is 14.4 Å². The molecule has 3 aromatic carbocycles. The average molecular weight is 560 g/mol. The summed E-state index contributed by atoms with van der Waals surface area (Å²) in [5.41, 5.74) is -0.221. The van der Waals surface area contributed by atoms with E-state index in [1.165, 1.54) is 29.9 Å². The number of ether oxygens (including phenoxy) is 2. The summed E-state index contributed by atoms with van der Waals surface area (Å²) < 4.78 is 28.5. The number of nitrogens with one attached hydrogen (secondary N) is 1. The number of carbonyl (C=O) groups is 1. The summed E-state index contributed by atoms with van der Waals surface area (Å²) >= 11 is 0. The molecule has 214 valence electrons. The second-order valence-corrected chi connectivity index (χ2v) is 10.6. The number of methoxy groups -OCH3 is 1. The number of aromatic nitrogens is 2. The molecule has 4 rings (SSSR count). The molecule has 8 nitrogen and oxygen atoms in total. The van der Waals surface area contributed by atoms with E-state index >= 15 is 4.39 Å². The van der Waals surface area contributed by atoms with Gasteiger partial charge in [-0.3, -0.25) is 13.9 Å². The highest BCUT2D eigenvalue weighted by Crippen LogP contribution is 2.25. The highest BCUT2D eigenvalue weighted by atomic mass is 19.1. The van der Waals surface area contributed by atoms with Crippen LogP contribution in [0.1, 0.15) is 43.6 Å². The zero-order chi connectivity index (χ0) is 29.7. The van der Waals surface area contributed by atoms with Crippen LogP contribution in [0.3, 0.4) is 0 Å². The number of carbonyl (C=O) groups excluding carboxylic acids is 1. The van der Waals surface area contributed by atoms with Crippen molar-refractivity contribution in [3.8, 4) is 16.9 Å². The van der Waals surface area contributed by atoms with Crippen molar-refractivity contribution >= 4 is 6.09 Å². The van der Waals surface area contributed by atoms with Crippen LogP contribution in [-0.2, 0) is 17.8 Å². The fourth-order valence-electron chi connectivity index (χ4n) is 4.68. The third kappa shape index (κ3) is 6.74. The Morgan fingerprint density at radius 1 is 0.927 bits per heavy atom. The Labute approximate surface area is 238 Å². The number of para-hydroxylation sites is 1. The quantitative estimate of drug-likeness (QED) is 0.310. The normalized spacial score (nSPS) is 12.0. The van der Waals surface area contributed by atoms with Gasteiger partial charge < -0.3 is 14.8 Å². The lowest BCUT2D eigenvalue weighted by molar-refractivity contribution is 0.0497. The standard InChI is InChI=1S/C32H34FN3O5/c1-21-28(24-16-10-11-17-25(24)33)29(37)36(31(39)35(21)19-23-15-9-12-18-27(23)40-5)20-26(22-13-7-6-8-14-22)34-30(38)41-32(2,3)4/h6-18,26H,19-20H2,1-5H3,(H,34,38)/t26-/m0/s1. The van der Waals surface area contributed by atoms with Crippen LogP contribution >= 0.6 is 0 Å². The van der Waals surface area contributed by atoms with Crippen molar-refractivity contribution in [2.45, 2.75) is 52.4 Å². The van der Waals surface area contributed by atoms with Gasteiger partial charge in [-0.2, -0.15) is 0 Å². The van der Waals surface area contributed by atoms with Gasteiger partial charge in [-0.05, 0) is 45.4 Å². The van der Waals surface area contributed by atoms with Gasteiger partial charge in [-0.1, -0.05) is 66.7 Å². The number of hydrogen-bond donors (Lipinski definition) is 1. The third-order valence-electron chi connectivity index (χ3n) is 6.61. The second kappa shape index (κ2) is 12.2. The zero-order valence-corrected chi connectivity index (χ0v) is 23.8. The van der Waals surface area contributed by atoms with E-state index in [0.717, 1.165) is 4.57 Å². The monoisotopic (exact) mass is 559 g/mol. The Morgan fingerprint density at radius 3 is 2.22 bits per heavy atom. The molecule has 0 radical (unpaired) electrons. The number of alkyl carbamates (subject to hydrolysis) is 1. The van der Waals surface area contributed by atoms with E-state index in [-0.39, 0.29) is 24.2 Å². The molecule has 41 heavy (non-hydrogen) atoms. The fourth-order valence-corrected chi connectivity index (χ4v) is 4.68. The minimum Gasteiger partial charge on any atom is -0.496 e. The van der Waals surface area contributed by atoms with Crippen molar-refractivity contribution in [3.63, 3.8) is 0 Å². The lowest BCUT2D eigenvalue weighted by Crippen LogP contribution is -2.46. The maximum absolute atomic E-state index is 15.1. The first-order valence-corrected chi connectivity index (χ1v) is 13.3. The van der Waals surface area contributed by atoms with Gasteiger partial charge in [0.25, 0.3) is 5.56 Å². The van der Waals surface area contributed by atoms with E-state index in [0.29, 0.717) is 22.6 Å². The van der Waals surface area contributed by atoms with E-state index in [1.54, 1.807) is 64.1 Å². The fraction of sp³-hybridized carbons (Fsp3) is 0.281. The lowest BCUT2D eigenvalue weighted by Gasteiger charge is -2.25. The summed E-state index contributed by atoms with van der Waals surface area (Å²) in [5, 5.41) is 2.80. The molecular weight excluding hydrogens is 525 g/mol. The topological polar surface area (TPSA) is 91.6 Å². The van der Waals surface area contributed by atoms with Crippen LogP contribution < -0.4 is 21.3 Å². The Bertz CT molecular complexity index is 1650. The van der Waals surface area contributed by atoms with Crippen LogP contribution in [0.15, 0.2) is 88.5 Å². The molecule has 0 unspecified atom stereocenters. The molecule has 1 N–H and O–H groups in total. The summed E-state index contributed by atoms with van der Waals surface area (Å²) in [6, 6.07) is 21.4. The van der Waals surface area contributed by atoms with Crippen LogP contribution in [0, 0.1) is 12.7 Å². The SMILES string of the molecule is COc1ccccc1Cn1c(C)c(-c2ccccc2F)c(=O)n(C[C@H](NC(=O)OC(C)(C)C)c2ccccc2)c1=O. The largest absolute Gasteiger partial charge is 0.496 e. The molecule has 9 heteroatoms. The van der Waals surface area contributed by atoms with Gasteiger partial charge in [0.15, 0.2) is 0 Å². The molecule has 0 bridgehead atoms. The Kier molecular flexibility index (Phi) is 8.76. The first-order valence-electron chi connectivity index (χ1n) is 13.3. The Hall–Kier alpha value is -4.66. The molecule has 0 fully saturated rings. The molecule has 0 spiro atoms. The highest BCUT2D eigenvalue weighted by Gasteiger charge is 2.25. The molecule has 1 aromatic heterocycles. The zero-order valence-electron chi connectivity index (χ0n) is 23.8. The van der Waals surface area contributed by atoms with Crippen molar-refractivity contribution in [1.82, 2.24) is 14.5 Å². The van der Waals surface area contributed by atoms with Gasteiger partial charge in [-0.15, -0.1) is 0 Å². The minimum absolute atomic E-state index is 0.0571. The van der Waals surface area contributed by atoms with Crippen LogP contribution in [0.4, 0.5) is 9.18 Å². The number of rotatable bonds is 8. The number of amides is 1. The second-order valence-electron chi connectivity index (χ2n) is 10.6. The van der Waals surface area contributed by atoms with Crippen molar-refractivity contribution in [3.05, 3.63) is 122 Å². The smallest absolute Gasteiger partial charge is 0.408 e. The van der Waals surface area contributed by atoms with E-state index in [1.807, 2.05) is 24.3 Å². The summed E-state index contributed by atoms with van der Waals surface area (Å²) in [4.78, 5) is 40.8. The summed E-state index contributed by atoms with van der Waals surface area (Å²) in [7, 11) is 1.53. The molecule has 0 aliphatic carbocycles. The van der Waals surface area contributed by atoms with Gasteiger partial charge in [0.1, 0.15) is 17.2 Å². The Balaban J connectivity index is 1.91. The predicted octanol–water partition coefficient (Wildman–Crippen LogP) is 5.45. The summed E-state index contributed by atoms with van der Waals surface area (Å²) in [5.74, 6) is -0.0222. The lowest BCUT2D eigenvalue weighted by atomic mass is 10.0. The molecule has 1 amide bonds. The van der Waals surface area contributed by atoms with Crippen LogP contribution in [0.25, 0.3) is 11.1 Å². The average Bonchev–Trinajstić information content (AvgIpc) is 2.93. The molecule has 0 saturated carbocycles. The summed E-state index contributed by atoms with van der Waals surface area (Å²) in [6.07, 6.45) is -0.699. The van der Waals surface area contributed by atoms with E-state index in [4.69, 9.17) is 9.47 Å². The van der Waals surface area contributed by atoms with Crippen molar-refractivity contribution in [2.75, 3.05) is 7.11 Å². The predicted molar refractivity (Wildman–Crippen MR) is 156 cm³/mol. The van der Waals surface area contributed by atoms with E-state index in [2.05, 4.69) is 5.32 Å². The molecule has 0 saturated heterocycles. The molecule has 0 aliphatic rings. The molecule has 4 aromatic rings.